The fourth-order valence-electron chi connectivity index (χ4n) is 4.94. The van der Waals surface area contributed by atoms with Crippen LogP contribution in [0.4, 0.5) is 4.79 Å². The third-order valence-corrected chi connectivity index (χ3v) is 7.36. The standard InChI is InChI=1S/C26H31Br2N3O3/c1-25(2,3)34-24(33)30-10-12-31(13-11-30)26(9-8-19-6-4-5-7-22(19)26)23(32)29-17-18-14-20(27)16-21(28)15-18/h4-7,14-16H,8-13,17H2,1-3H3,(H,29,32). The molecule has 1 saturated heterocycles. The minimum absolute atomic E-state index is 0.0132. The first-order chi connectivity index (χ1) is 16.1. The van der Waals surface area contributed by atoms with Crippen LogP contribution in [0.1, 0.15) is 43.9 Å². The van der Waals surface area contributed by atoms with E-state index in [1.807, 2.05) is 51.1 Å². The van der Waals surface area contributed by atoms with Gasteiger partial charge in [0.25, 0.3) is 0 Å². The van der Waals surface area contributed by atoms with Crippen molar-refractivity contribution in [1.29, 1.82) is 0 Å². The van der Waals surface area contributed by atoms with Gasteiger partial charge in [-0.3, -0.25) is 9.69 Å². The van der Waals surface area contributed by atoms with Gasteiger partial charge in [-0.05, 0) is 68.5 Å². The first kappa shape index (κ1) is 25.2. The maximum atomic E-state index is 13.9. The van der Waals surface area contributed by atoms with Crippen LogP contribution in [0.2, 0.25) is 0 Å². The van der Waals surface area contributed by atoms with E-state index in [4.69, 9.17) is 4.74 Å². The van der Waals surface area contributed by atoms with E-state index < -0.39 is 11.1 Å². The number of ether oxygens (including phenoxy) is 1. The summed E-state index contributed by atoms with van der Waals surface area (Å²) in [5, 5.41) is 3.21. The second-order valence-corrected chi connectivity index (χ2v) is 11.8. The molecule has 1 atom stereocenters. The highest BCUT2D eigenvalue weighted by molar-refractivity contribution is 9.11. The van der Waals surface area contributed by atoms with Crippen LogP contribution in [-0.4, -0.2) is 53.6 Å². The van der Waals surface area contributed by atoms with E-state index >= 15 is 0 Å². The van der Waals surface area contributed by atoms with Crippen LogP contribution in [0.25, 0.3) is 0 Å². The lowest BCUT2D eigenvalue weighted by molar-refractivity contribution is -0.136. The summed E-state index contributed by atoms with van der Waals surface area (Å²) in [6, 6.07) is 14.2. The summed E-state index contributed by atoms with van der Waals surface area (Å²) in [5.74, 6) is 0.0132. The molecule has 6 nitrogen and oxygen atoms in total. The number of nitrogens with one attached hydrogen (secondary N) is 1. The minimum atomic E-state index is -0.736. The van der Waals surface area contributed by atoms with Crippen LogP contribution in [-0.2, 0) is 28.0 Å². The molecule has 0 saturated carbocycles. The van der Waals surface area contributed by atoms with Gasteiger partial charge in [-0.15, -0.1) is 0 Å². The maximum Gasteiger partial charge on any atom is 0.410 e. The van der Waals surface area contributed by atoms with E-state index in [1.54, 1.807) is 4.90 Å². The van der Waals surface area contributed by atoms with Crippen LogP contribution in [0, 0.1) is 0 Å². The number of amides is 2. The number of hydrogen-bond acceptors (Lipinski definition) is 4. The van der Waals surface area contributed by atoms with Gasteiger partial charge in [0.2, 0.25) is 5.91 Å². The monoisotopic (exact) mass is 591 g/mol. The zero-order valence-corrected chi connectivity index (χ0v) is 23.0. The fraction of sp³-hybridized carbons (Fsp3) is 0.462. The average Bonchev–Trinajstić information content (AvgIpc) is 3.16. The highest BCUT2D eigenvalue weighted by Crippen LogP contribution is 2.42. The molecule has 34 heavy (non-hydrogen) atoms. The number of rotatable bonds is 4. The summed E-state index contributed by atoms with van der Waals surface area (Å²) in [7, 11) is 0. The molecule has 0 bridgehead atoms. The van der Waals surface area contributed by atoms with E-state index in [9.17, 15) is 9.59 Å². The van der Waals surface area contributed by atoms with Crippen LogP contribution in [0.15, 0.2) is 51.4 Å². The molecule has 4 rings (SSSR count). The molecule has 8 heteroatoms. The van der Waals surface area contributed by atoms with Crippen molar-refractivity contribution < 1.29 is 14.3 Å². The average molecular weight is 593 g/mol. The molecule has 2 aliphatic rings. The summed E-state index contributed by atoms with van der Waals surface area (Å²) in [4.78, 5) is 30.5. The number of carbonyl (C=O) groups is 2. The van der Waals surface area contributed by atoms with Crippen LogP contribution in [0.5, 0.6) is 0 Å². The first-order valence-electron chi connectivity index (χ1n) is 11.6. The molecule has 1 aliphatic carbocycles. The lowest BCUT2D eigenvalue weighted by Gasteiger charge is -2.45. The quantitative estimate of drug-likeness (QED) is 0.529. The van der Waals surface area contributed by atoms with Crippen LogP contribution >= 0.6 is 31.9 Å². The number of hydrogen-bond donors (Lipinski definition) is 1. The van der Waals surface area contributed by atoms with Crippen molar-refractivity contribution >= 4 is 43.9 Å². The van der Waals surface area contributed by atoms with Gasteiger partial charge < -0.3 is 15.0 Å². The molecular weight excluding hydrogens is 562 g/mol. The Hall–Kier alpha value is -1.90. The Morgan fingerprint density at radius 2 is 1.68 bits per heavy atom. The summed E-state index contributed by atoms with van der Waals surface area (Å²) >= 11 is 7.05. The molecule has 1 aliphatic heterocycles. The molecule has 2 aromatic rings. The number of piperazine rings is 1. The third kappa shape index (κ3) is 5.34. The van der Waals surface area contributed by atoms with Crippen LogP contribution < -0.4 is 5.32 Å². The van der Waals surface area contributed by atoms with Crippen molar-refractivity contribution in [2.24, 2.45) is 0 Å². The van der Waals surface area contributed by atoms with Crippen molar-refractivity contribution in [2.45, 2.75) is 51.3 Å². The molecule has 1 unspecified atom stereocenters. The van der Waals surface area contributed by atoms with E-state index in [0.717, 1.165) is 32.9 Å². The van der Waals surface area contributed by atoms with E-state index in [1.165, 1.54) is 5.56 Å². The lowest BCUT2D eigenvalue weighted by atomic mass is 9.87. The Bertz CT molecular complexity index is 1060. The van der Waals surface area contributed by atoms with E-state index in [2.05, 4.69) is 54.2 Å². The van der Waals surface area contributed by atoms with Crippen molar-refractivity contribution in [3.63, 3.8) is 0 Å². The number of aryl methyl sites for hydroxylation is 1. The van der Waals surface area contributed by atoms with Gasteiger partial charge in [0, 0.05) is 41.7 Å². The normalized spacial score (nSPS) is 20.7. The largest absolute Gasteiger partial charge is 0.444 e. The van der Waals surface area contributed by atoms with Gasteiger partial charge in [-0.1, -0.05) is 56.1 Å². The number of halogens is 2. The molecule has 182 valence electrons. The fourth-order valence-corrected chi connectivity index (χ4v) is 6.33. The Morgan fingerprint density at radius 1 is 1.03 bits per heavy atom. The molecule has 0 spiro atoms. The van der Waals surface area contributed by atoms with Gasteiger partial charge in [0.15, 0.2) is 0 Å². The highest BCUT2D eigenvalue weighted by Gasteiger charge is 2.50. The van der Waals surface area contributed by atoms with Gasteiger partial charge in [0.1, 0.15) is 11.1 Å². The predicted molar refractivity (Wildman–Crippen MR) is 140 cm³/mol. The summed E-state index contributed by atoms with van der Waals surface area (Å²) in [5.41, 5.74) is 2.05. The summed E-state index contributed by atoms with van der Waals surface area (Å²) < 4.78 is 7.48. The molecule has 2 aromatic carbocycles. The number of benzene rings is 2. The number of fused-ring (bicyclic) bond motifs is 1. The molecule has 1 N–H and O–H groups in total. The van der Waals surface area contributed by atoms with Crippen LogP contribution in [0.3, 0.4) is 0 Å². The Morgan fingerprint density at radius 3 is 2.32 bits per heavy atom. The Kier molecular flexibility index (Phi) is 7.41. The molecule has 1 heterocycles. The molecule has 0 aromatic heterocycles. The van der Waals surface area contributed by atoms with Crippen molar-refractivity contribution in [2.75, 3.05) is 26.2 Å². The smallest absolute Gasteiger partial charge is 0.410 e. The summed E-state index contributed by atoms with van der Waals surface area (Å²) in [6.07, 6.45) is 1.29. The Labute approximate surface area is 218 Å². The summed E-state index contributed by atoms with van der Waals surface area (Å²) in [6.45, 7) is 8.36. The first-order valence-corrected chi connectivity index (χ1v) is 13.2. The zero-order valence-electron chi connectivity index (χ0n) is 19.9. The maximum absolute atomic E-state index is 13.9. The molecule has 1 fully saturated rings. The topological polar surface area (TPSA) is 61.9 Å². The number of carbonyl (C=O) groups excluding carboxylic acids is 2. The van der Waals surface area contributed by atoms with Gasteiger partial charge in [-0.2, -0.15) is 0 Å². The predicted octanol–water partition coefficient (Wildman–Crippen LogP) is 5.22. The van der Waals surface area contributed by atoms with Crippen molar-refractivity contribution in [3.05, 3.63) is 68.1 Å². The van der Waals surface area contributed by atoms with E-state index in [-0.39, 0.29) is 12.0 Å². The number of nitrogens with zero attached hydrogens (tertiary/aromatic N) is 2. The third-order valence-electron chi connectivity index (χ3n) is 6.44. The zero-order chi connectivity index (χ0) is 24.5. The van der Waals surface area contributed by atoms with E-state index in [0.29, 0.717) is 32.7 Å². The lowest BCUT2D eigenvalue weighted by Crippen LogP contribution is -2.61. The SMILES string of the molecule is CC(C)(C)OC(=O)N1CCN(C2(C(=O)NCc3cc(Br)cc(Br)c3)CCc3ccccc32)CC1. The van der Waals surface area contributed by atoms with Crippen molar-refractivity contribution in [1.82, 2.24) is 15.1 Å². The Balaban J connectivity index is 1.54. The van der Waals surface area contributed by atoms with Gasteiger partial charge >= 0.3 is 6.09 Å². The molecule has 0 radical (unpaired) electrons. The van der Waals surface area contributed by atoms with Gasteiger partial charge in [0.05, 0.1) is 0 Å². The second-order valence-electron chi connectivity index (χ2n) is 9.93. The minimum Gasteiger partial charge on any atom is -0.444 e. The second kappa shape index (κ2) is 9.99. The van der Waals surface area contributed by atoms with Crippen molar-refractivity contribution in [3.8, 4) is 0 Å². The van der Waals surface area contributed by atoms with Gasteiger partial charge in [-0.25, -0.2) is 4.79 Å². The molecule has 2 amide bonds. The molecular formula is C26H31Br2N3O3. The highest BCUT2D eigenvalue weighted by atomic mass is 79.9.